The number of hydrogen-bond acceptors (Lipinski definition) is 6. The number of nitrogens with zero attached hydrogens (tertiary/aromatic N) is 3. The first-order valence-corrected chi connectivity index (χ1v) is 6.65. The Kier molecular flexibility index (Phi) is 3.47. The van der Waals surface area contributed by atoms with Gasteiger partial charge in [0, 0.05) is 6.54 Å². The number of nitrogens with one attached hydrogen (secondary N) is 1. The van der Waals surface area contributed by atoms with E-state index in [9.17, 15) is 4.79 Å². The Morgan fingerprint density at radius 3 is 3.05 bits per heavy atom. The number of methoxy groups -OCH3 is 2. The van der Waals surface area contributed by atoms with Crippen LogP contribution in [-0.2, 0) is 4.74 Å². The molecular weight excluding hydrogens is 272 g/mol. The van der Waals surface area contributed by atoms with E-state index in [0.29, 0.717) is 5.95 Å². The molecule has 1 unspecified atom stereocenters. The minimum atomic E-state index is -0.539. The van der Waals surface area contributed by atoms with Crippen molar-refractivity contribution in [1.29, 1.82) is 0 Å². The first-order chi connectivity index (χ1) is 10.2. The Morgan fingerprint density at radius 2 is 2.29 bits per heavy atom. The molecule has 3 rings (SSSR count). The quantitative estimate of drug-likeness (QED) is 0.862. The summed E-state index contributed by atoms with van der Waals surface area (Å²) < 4.78 is 11.7. The summed E-state index contributed by atoms with van der Waals surface area (Å²) in [6, 6.07) is 7.84. The predicted octanol–water partition coefficient (Wildman–Crippen LogP) is 1.48. The minimum absolute atomic E-state index is 0.0160. The van der Waals surface area contributed by atoms with Gasteiger partial charge in [-0.1, -0.05) is 12.1 Å². The molecule has 110 valence electrons. The summed E-state index contributed by atoms with van der Waals surface area (Å²) in [5.41, 5.74) is 1.07. The third-order valence-corrected chi connectivity index (χ3v) is 3.47. The number of benzene rings is 1. The number of aromatic nitrogens is 3. The van der Waals surface area contributed by atoms with Crippen LogP contribution in [0.2, 0.25) is 0 Å². The first-order valence-electron chi connectivity index (χ1n) is 6.65. The second-order valence-corrected chi connectivity index (χ2v) is 4.70. The van der Waals surface area contributed by atoms with Crippen LogP contribution in [0.1, 0.15) is 28.6 Å². The molecule has 0 fully saturated rings. The monoisotopic (exact) mass is 288 g/mol. The molecule has 1 aliphatic rings. The van der Waals surface area contributed by atoms with E-state index >= 15 is 0 Å². The van der Waals surface area contributed by atoms with E-state index in [1.165, 1.54) is 7.11 Å². The number of esters is 1. The van der Waals surface area contributed by atoms with E-state index in [1.807, 2.05) is 24.3 Å². The largest absolute Gasteiger partial charge is 0.497 e. The maximum Gasteiger partial charge on any atom is 0.378 e. The summed E-state index contributed by atoms with van der Waals surface area (Å²) in [5, 5.41) is 7.40. The van der Waals surface area contributed by atoms with E-state index in [4.69, 9.17) is 4.74 Å². The van der Waals surface area contributed by atoms with Crippen LogP contribution in [0.4, 0.5) is 5.95 Å². The van der Waals surface area contributed by atoms with Gasteiger partial charge in [0.2, 0.25) is 5.95 Å². The van der Waals surface area contributed by atoms with E-state index in [-0.39, 0.29) is 11.9 Å². The molecule has 0 radical (unpaired) electrons. The van der Waals surface area contributed by atoms with E-state index in [2.05, 4.69) is 20.1 Å². The first kappa shape index (κ1) is 13.4. The predicted molar refractivity (Wildman–Crippen MR) is 75.6 cm³/mol. The Morgan fingerprint density at radius 1 is 1.43 bits per heavy atom. The fourth-order valence-corrected chi connectivity index (χ4v) is 2.44. The number of hydrogen-bond donors (Lipinski definition) is 1. The third kappa shape index (κ3) is 2.42. The second-order valence-electron chi connectivity index (χ2n) is 4.70. The van der Waals surface area contributed by atoms with Crippen LogP contribution in [0, 0.1) is 0 Å². The Bertz CT molecular complexity index is 668. The molecule has 1 N–H and O–H groups in total. The summed E-state index contributed by atoms with van der Waals surface area (Å²) in [7, 11) is 2.95. The molecule has 0 bridgehead atoms. The van der Waals surface area contributed by atoms with Crippen molar-refractivity contribution >= 4 is 11.9 Å². The van der Waals surface area contributed by atoms with Crippen LogP contribution in [0.15, 0.2) is 24.3 Å². The Hall–Kier alpha value is -2.57. The highest BCUT2D eigenvalue weighted by molar-refractivity contribution is 5.85. The average molecular weight is 288 g/mol. The van der Waals surface area contributed by atoms with Crippen LogP contribution in [0.3, 0.4) is 0 Å². The molecule has 0 spiro atoms. The average Bonchev–Trinajstić information content (AvgIpc) is 2.98. The van der Waals surface area contributed by atoms with Crippen molar-refractivity contribution < 1.29 is 14.3 Å². The smallest absolute Gasteiger partial charge is 0.378 e. The van der Waals surface area contributed by atoms with E-state index in [0.717, 1.165) is 24.3 Å². The summed E-state index contributed by atoms with van der Waals surface area (Å²) in [6.45, 7) is 0.765. The van der Waals surface area contributed by atoms with Crippen molar-refractivity contribution in [2.75, 3.05) is 26.1 Å². The van der Waals surface area contributed by atoms with Gasteiger partial charge in [-0.2, -0.15) is 4.98 Å². The molecule has 21 heavy (non-hydrogen) atoms. The van der Waals surface area contributed by atoms with Gasteiger partial charge in [0.25, 0.3) is 5.82 Å². The lowest BCUT2D eigenvalue weighted by molar-refractivity contribution is 0.0586. The van der Waals surface area contributed by atoms with Crippen LogP contribution in [0.5, 0.6) is 5.75 Å². The molecule has 1 aliphatic heterocycles. The van der Waals surface area contributed by atoms with Gasteiger partial charge in [-0.15, -0.1) is 5.10 Å². The number of fused-ring (bicyclic) bond motifs is 1. The molecule has 7 nitrogen and oxygen atoms in total. The topological polar surface area (TPSA) is 78.3 Å². The number of anilines is 1. The van der Waals surface area contributed by atoms with Gasteiger partial charge in [0.05, 0.1) is 20.3 Å². The standard InChI is InChI=1S/C14H16N4O3/c1-20-10-5-3-4-9(8-10)11-6-7-15-14-16-12(13(19)21-2)17-18(11)14/h3-5,8,11H,6-7H2,1-2H3,(H,15,16,17). The normalized spacial score (nSPS) is 16.8. The molecule has 0 aliphatic carbocycles. The van der Waals surface area contributed by atoms with Crippen LogP contribution >= 0.6 is 0 Å². The Balaban J connectivity index is 1.99. The van der Waals surface area contributed by atoms with E-state index in [1.54, 1.807) is 11.8 Å². The maximum absolute atomic E-state index is 11.6. The SMILES string of the molecule is COC(=O)c1nc2n(n1)C(c1cccc(OC)c1)CCN2. The molecule has 2 heterocycles. The van der Waals surface area contributed by atoms with Gasteiger partial charge in [-0.25, -0.2) is 9.48 Å². The van der Waals surface area contributed by atoms with Crippen molar-refractivity contribution in [3.05, 3.63) is 35.7 Å². The molecule has 1 atom stereocenters. The van der Waals surface area contributed by atoms with Gasteiger partial charge >= 0.3 is 5.97 Å². The molecule has 2 aromatic rings. The molecule has 1 aromatic heterocycles. The third-order valence-electron chi connectivity index (χ3n) is 3.47. The lowest BCUT2D eigenvalue weighted by Gasteiger charge is -2.24. The summed E-state index contributed by atoms with van der Waals surface area (Å²) in [4.78, 5) is 15.7. The highest BCUT2D eigenvalue weighted by atomic mass is 16.5. The van der Waals surface area contributed by atoms with Crippen molar-refractivity contribution in [2.45, 2.75) is 12.5 Å². The molecule has 7 heteroatoms. The van der Waals surface area contributed by atoms with Crippen molar-refractivity contribution in [1.82, 2.24) is 14.8 Å². The van der Waals surface area contributed by atoms with Crippen molar-refractivity contribution in [3.63, 3.8) is 0 Å². The van der Waals surface area contributed by atoms with Gasteiger partial charge in [0.15, 0.2) is 0 Å². The van der Waals surface area contributed by atoms with Gasteiger partial charge in [-0.3, -0.25) is 0 Å². The fraction of sp³-hybridized carbons (Fsp3) is 0.357. The lowest BCUT2D eigenvalue weighted by Crippen LogP contribution is -2.24. The Labute approximate surface area is 121 Å². The summed E-state index contributed by atoms with van der Waals surface area (Å²) >= 11 is 0. The molecular formula is C14H16N4O3. The molecule has 1 aromatic carbocycles. The highest BCUT2D eigenvalue weighted by Gasteiger charge is 2.26. The zero-order valence-corrected chi connectivity index (χ0v) is 11.9. The highest BCUT2D eigenvalue weighted by Crippen LogP contribution is 2.30. The maximum atomic E-state index is 11.6. The van der Waals surface area contributed by atoms with E-state index < -0.39 is 5.97 Å². The zero-order chi connectivity index (χ0) is 14.8. The summed E-state index contributed by atoms with van der Waals surface area (Å²) in [5.74, 6) is 0.897. The number of carbonyl (C=O) groups is 1. The fourth-order valence-electron chi connectivity index (χ4n) is 2.44. The van der Waals surface area contributed by atoms with Crippen LogP contribution in [-0.4, -0.2) is 41.5 Å². The zero-order valence-electron chi connectivity index (χ0n) is 11.9. The number of carbonyl (C=O) groups excluding carboxylic acids is 1. The second kappa shape index (κ2) is 5.43. The number of rotatable bonds is 3. The molecule has 0 amide bonds. The summed E-state index contributed by atoms with van der Waals surface area (Å²) in [6.07, 6.45) is 0.851. The van der Waals surface area contributed by atoms with Crippen LogP contribution in [0.25, 0.3) is 0 Å². The molecule has 0 saturated carbocycles. The minimum Gasteiger partial charge on any atom is -0.497 e. The van der Waals surface area contributed by atoms with Crippen molar-refractivity contribution in [3.8, 4) is 5.75 Å². The van der Waals surface area contributed by atoms with Gasteiger partial charge < -0.3 is 14.8 Å². The van der Waals surface area contributed by atoms with Gasteiger partial charge in [0.1, 0.15) is 5.75 Å². The number of ether oxygens (including phenoxy) is 2. The van der Waals surface area contributed by atoms with Crippen molar-refractivity contribution in [2.24, 2.45) is 0 Å². The molecule has 0 saturated heterocycles. The lowest BCUT2D eigenvalue weighted by atomic mass is 10.0. The van der Waals surface area contributed by atoms with Crippen LogP contribution < -0.4 is 10.1 Å². The van der Waals surface area contributed by atoms with Gasteiger partial charge in [-0.05, 0) is 24.1 Å².